The molecule has 3 aromatic heterocycles. The van der Waals surface area contributed by atoms with E-state index in [1.165, 1.54) is 0 Å². The summed E-state index contributed by atoms with van der Waals surface area (Å²) in [7, 11) is 0. The van der Waals surface area contributed by atoms with E-state index in [0.717, 1.165) is 52.0 Å². The number of rotatable bonds is 8. The van der Waals surface area contributed by atoms with E-state index in [1.807, 2.05) is 59.3 Å². The molecular formula is C28H28ClN7O. The fraction of sp³-hybridized carbons (Fsp3) is 0.250. The van der Waals surface area contributed by atoms with Crippen LogP contribution < -0.4 is 5.69 Å². The molecule has 37 heavy (non-hydrogen) atoms. The van der Waals surface area contributed by atoms with Gasteiger partial charge in [-0.2, -0.15) is 5.21 Å². The molecule has 8 nitrogen and oxygen atoms in total. The largest absolute Gasteiger partial charge is 0.333 e. The summed E-state index contributed by atoms with van der Waals surface area (Å²) in [4.78, 5) is 18.0. The number of hydrogen-bond acceptors (Lipinski definition) is 5. The highest BCUT2D eigenvalue weighted by Crippen LogP contribution is 2.30. The van der Waals surface area contributed by atoms with Gasteiger partial charge in [0.1, 0.15) is 0 Å². The van der Waals surface area contributed by atoms with Crippen LogP contribution >= 0.6 is 11.6 Å². The Kier molecular flexibility index (Phi) is 7.01. The average molecular weight is 514 g/mol. The lowest BCUT2D eigenvalue weighted by atomic mass is 10.0. The predicted octanol–water partition coefficient (Wildman–Crippen LogP) is 5.66. The van der Waals surface area contributed by atoms with Crippen LogP contribution in [0.15, 0.2) is 71.9 Å². The van der Waals surface area contributed by atoms with E-state index in [2.05, 4.69) is 46.4 Å². The molecule has 5 rings (SSSR count). The molecule has 9 heteroatoms. The summed E-state index contributed by atoms with van der Waals surface area (Å²) in [5, 5.41) is 15.0. The van der Waals surface area contributed by atoms with Gasteiger partial charge < -0.3 is 0 Å². The number of H-pyrrole nitrogens is 1. The Hall–Kier alpha value is -4.04. The van der Waals surface area contributed by atoms with E-state index in [9.17, 15) is 4.79 Å². The van der Waals surface area contributed by atoms with Gasteiger partial charge in [-0.1, -0.05) is 75.2 Å². The summed E-state index contributed by atoms with van der Waals surface area (Å²) in [6, 6.07) is 15.8. The fourth-order valence-corrected chi connectivity index (χ4v) is 4.90. The molecule has 0 spiro atoms. The molecule has 0 saturated carbocycles. The molecule has 188 valence electrons. The Bertz CT molecular complexity index is 1570. The molecule has 3 heterocycles. The molecule has 0 saturated heterocycles. The lowest BCUT2D eigenvalue weighted by Crippen LogP contribution is -2.25. The first-order valence-corrected chi connectivity index (χ1v) is 12.7. The number of tetrazole rings is 1. The van der Waals surface area contributed by atoms with E-state index < -0.39 is 0 Å². The number of hydrogen-bond donors (Lipinski definition) is 1. The maximum atomic E-state index is 13.7. The molecule has 0 bridgehead atoms. The predicted molar refractivity (Wildman–Crippen MR) is 145 cm³/mol. The number of halogens is 1. The summed E-state index contributed by atoms with van der Waals surface area (Å²) >= 11 is 6.62. The molecule has 0 radical (unpaired) electrons. The Morgan fingerprint density at radius 1 is 1.05 bits per heavy atom. The first-order valence-electron chi connectivity index (χ1n) is 12.3. The summed E-state index contributed by atoms with van der Waals surface area (Å²) < 4.78 is 3.56. The van der Waals surface area contributed by atoms with Crippen molar-refractivity contribution in [3.8, 4) is 28.2 Å². The van der Waals surface area contributed by atoms with Crippen molar-refractivity contribution in [2.24, 2.45) is 0 Å². The van der Waals surface area contributed by atoms with Gasteiger partial charge >= 0.3 is 5.69 Å². The molecular weight excluding hydrogens is 486 g/mol. The first kappa shape index (κ1) is 24.6. The highest BCUT2D eigenvalue weighted by atomic mass is 35.5. The van der Waals surface area contributed by atoms with Crippen molar-refractivity contribution in [3.05, 3.63) is 99.4 Å². The average Bonchev–Trinajstić information content (AvgIpc) is 3.54. The lowest BCUT2D eigenvalue weighted by molar-refractivity contribution is 0.690. The standard InChI is InChI=1S/C28H28ClN7O/c1-4-6-21-17-36(26-22(18(2)3)7-5-8-25(26)29)28(37)35(21)16-19-9-11-20(12-10-19)24-15-30-14-13-23(24)27-31-33-34-32-27/h5,7-15,17-18H,4,6,16H2,1-3H3,(H,31,32,33,34). The minimum atomic E-state index is -0.0887. The number of nitrogens with one attached hydrogen (secondary N) is 1. The second kappa shape index (κ2) is 10.5. The van der Waals surface area contributed by atoms with Gasteiger partial charge in [0, 0.05) is 35.4 Å². The topological polar surface area (TPSA) is 94.3 Å². The second-order valence-electron chi connectivity index (χ2n) is 9.30. The Balaban J connectivity index is 1.51. The summed E-state index contributed by atoms with van der Waals surface area (Å²) in [6.07, 6.45) is 7.17. The summed E-state index contributed by atoms with van der Waals surface area (Å²) in [5.41, 5.74) is 6.46. The maximum absolute atomic E-state index is 13.7. The SMILES string of the molecule is CCCc1cn(-c2c(Cl)cccc2C(C)C)c(=O)n1Cc1ccc(-c2cnccc2-c2nn[nH]n2)cc1. The van der Waals surface area contributed by atoms with Crippen LogP contribution in [0.2, 0.25) is 5.02 Å². The zero-order valence-corrected chi connectivity index (χ0v) is 21.8. The first-order chi connectivity index (χ1) is 18.0. The quantitative estimate of drug-likeness (QED) is 0.289. The molecule has 2 aromatic carbocycles. The maximum Gasteiger partial charge on any atom is 0.333 e. The van der Waals surface area contributed by atoms with Crippen molar-refractivity contribution < 1.29 is 0 Å². The van der Waals surface area contributed by atoms with Crippen molar-refractivity contribution in [1.29, 1.82) is 0 Å². The van der Waals surface area contributed by atoms with Crippen molar-refractivity contribution in [2.75, 3.05) is 0 Å². The van der Waals surface area contributed by atoms with Crippen LogP contribution in [0.1, 0.15) is 49.9 Å². The number of aromatic nitrogens is 7. The zero-order valence-electron chi connectivity index (χ0n) is 21.0. The van der Waals surface area contributed by atoms with Gasteiger partial charge in [-0.25, -0.2) is 4.79 Å². The smallest absolute Gasteiger partial charge is 0.292 e. The molecule has 0 amide bonds. The third-order valence-corrected chi connectivity index (χ3v) is 6.77. The van der Waals surface area contributed by atoms with Gasteiger partial charge in [0.2, 0.25) is 5.82 Å². The molecule has 5 aromatic rings. The normalized spacial score (nSPS) is 11.4. The molecule has 0 unspecified atom stereocenters. The van der Waals surface area contributed by atoms with Crippen LogP contribution in [-0.4, -0.2) is 34.7 Å². The second-order valence-corrected chi connectivity index (χ2v) is 9.70. The highest BCUT2D eigenvalue weighted by Gasteiger charge is 2.19. The van der Waals surface area contributed by atoms with Gasteiger partial charge in [0.25, 0.3) is 0 Å². The van der Waals surface area contributed by atoms with Crippen LogP contribution in [-0.2, 0) is 13.0 Å². The summed E-state index contributed by atoms with van der Waals surface area (Å²) in [5.74, 6) is 0.745. The van der Waals surface area contributed by atoms with Gasteiger partial charge in [-0.3, -0.25) is 14.1 Å². The van der Waals surface area contributed by atoms with Gasteiger partial charge in [-0.05, 0) is 46.4 Å². The molecule has 0 aliphatic carbocycles. The van der Waals surface area contributed by atoms with Crippen LogP contribution in [0.4, 0.5) is 0 Å². The van der Waals surface area contributed by atoms with Crippen molar-refractivity contribution >= 4 is 11.6 Å². The van der Waals surface area contributed by atoms with E-state index in [0.29, 0.717) is 17.4 Å². The molecule has 0 fully saturated rings. The summed E-state index contributed by atoms with van der Waals surface area (Å²) in [6.45, 7) is 6.80. The third-order valence-electron chi connectivity index (χ3n) is 6.46. The number of para-hydroxylation sites is 1. The molecule has 1 N–H and O–H groups in total. The Labute approximate surface area is 220 Å². The van der Waals surface area contributed by atoms with Crippen molar-refractivity contribution in [2.45, 2.75) is 46.1 Å². The van der Waals surface area contributed by atoms with Gasteiger partial charge in [0.05, 0.1) is 17.3 Å². The molecule has 0 aliphatic heterocycles. The van der Waals surface area contributed by atoms with Crippen molar-refractivity contribution in [3.63, 3.8) is 0 Å². The van der Waals surface area contributed by atoms with Crippen LogP contribution in [0, 0.1) is 0 Å². The number of nitrogens with zero attached hydrogens (tertiary/aromatic N) is 6. The van der Waals surface area contributed by atoms with E-state index in [1.54, 1.807) is 17.0 Å². The van der Waals surface area contributed by atoms with E-state index in [-0.39, 0.29) is 11.6 Å². The van der Waals surface area contributed by atoms with Crippen molar-refractivity contribution in [1.82, 2.24) is 34.7 Å². The molecule has 0 aliphatic rings. The monoisotopic (exact) mass is 513 g/mol. The number of imidazole rings is 1. The van der Waals surface area contributed by atoms with Gasteiger partial charge in [0.15, 0.2) is 0 Å². The zero-order chi connectivity index (χ0) is 25.9. The Morgan fingerprint density at radius 2 is 1.86 bits per heavy atom. The molecule has 0 atom stereocenters. The van der Waals surface area contributed by atoms with E-state index >= 15 is 0 Å². The fourth-order valence-electron chi connectivity index (χ4n) is 4.63. The van der Waals surface area contributed by atoms with Gasteiger partial charge in [-0.15, -0.1) is 10.2 Å². The highest BCUT2D eigenvalue weighted by molar-refractivity contribution is 6.32. The van der Waals surface area contributed by atoms with E-state index in [4.69, 9.17) is 11.6 Å². The Morgan fingerprint density at radius 3 is 2.57 bits per heavy atom. The number of pyridine rings is 1. The minimum Gasteiger partial charge on any atom is -0.292 e. The third kappa shape index (κ3) is 4.84. The van der Waals surface area contributed by atoms with Crippen LogP contribution in [0.25, 0.3) is 28.2 Å². The van der Waals surface area contributed by atoms with Crippen LogP contribution in [0.3, 0.4) is 0 Å². The van der Waals surface area contributed by atoms with Crippen LogP contribution in [0.5, 0.6) is 0 Å². The minimum absolute atomic E-state index is 0.0887. The number of aryl methyl sites for hydroxylation is 1. The number of benzene rings is 2. The number of aromatic amines is 1. The lowest BCUT2D eigenvalue weighted by Gasteiger charge is -2.14.